The van der Waals surface area contributed by atoms with Crippen LogP contribution in [0, 0.1) is 11.7 Å². The number of rotatable bonds is 4. The molecule has 2 aromatic rings. The topological polar surface area (TPSA) is 45.5 Å². The number of nitrogens with one attached hydrogen (secondary N) is 1. The first-order valence-corrected chi connectivity index (χ1v) is 9.34. The Hall–Kier alpha value is -1.35. The van der Waals surface area contributed by atoms with Gasteiger partial charge in [-0.25, -0.2) is 9.37 Å². The maximum atomic E-state index is 13.9. The number of piperidine rings is 1. The number of halogens is 3. The van der Waals surface area contributed by atoms with Crippen LogP contribution in [0.15, 0.2) is 41.9 Å². The van der Waals surface area contributed by atoms with E-state index in [1.165, 1.54) is 6.07 Å². The number of nitrogens with zero attached hydrogens (tertiary/aromatic N) is 4. The van der Waals surface area contributed by atoms with Crippen LogP contribution in [0.3, 0.4) is 0 Å². The van der Waals surface area contributed by atoms with Gasteiger partial charge in [0.1, 0.15) is 5.82 Å². The molecule has 27 heavy (non-hydrogen) atoms. The van der Waals surface area contributed by atoms with Crippen molar-refractivity contribution >= 4 is 41.5 Å². The van der Waals surface area contributed by atoms with E-state index in [4.69, 9.17) is 11.6 Å². The maximum absolute atomic E-state index is 13.9. The standard InChI is InChI=1S/C19H25ClFN5.HI/c1-14-7-10-25(12-18(14)26-11-9-23-13-26)19(22-2)24-8-6-15-16(20)4-3-5-17(15)21;/h3-5,9,11,13-14,18H,6-8,10,12H2,1-2H3,(H,22,24);1H. The van der Waals surface area contributed by atoms with Crippen LogP contribution in [0.25, 0.3) is 0 Å². The van der Waals surface area contributed by atoms with Gasteiger partial charge in [-0.1, -0.05) is 24.6 Å². The predicted octanol–water partition coefficient (Wildman–Crippen LogP) is 3.99. The van der Waals surface area contributed by atoms with Gasteiger partial charge < -0.3 is 14.8 Å². The molecule has 5 nitrogen and oxygen atoms in total. The minimum atomic E-state index is -0.263. The molecule has 1 fully saturated rings. The molecule has 3 rings (SSSR count). The second-order valence-electron chi connectivity index (χ2n) is 6.71. The number of likely N-dealkylation sites (tertiary alicyclic amines) is 1. The average molecular weight is 506 g/mol. The van der Waals surface area contributed by atoms with E-state index >= 15 is 0 Å². The summed E-state index contributed by atoms with van der Waals surface area (Å²) in [4.78, 5) is 10.8. The smallest absolute Gasteiger partial charge is 0.193 e. The lowest BCUT2D eigenvalue weighted by Gasteiger charge is -2.39. The van der Waals surface area contributed by atoms with Gasteiger partial charge in [-0.2, -0.15) is 0 Å². The van der Waals surface area contributed by atoms with Gasteiger partial charge in [0.25, 0.3) is 0 Å². The van der Waals surface area contributed by atoms with Crippen LogP contribution >= 0.6 is 35.6 Å². The first kappa shape index (κ1) is 21.9. The first-order valence-electron chi connectivity index (χ1n) is 8.96. The van der Waals surface area contributed by atoms with Gasteiger partial charge in [0, 0.05) is 49.7 Å². The number of guanidine groups is 1. The molecule has 0 radical (unpaired) electrons. The van der Waals surface area contributed by atoms with Crippen molar-refractivity contribution < 1.29 is 4.39 Å². The average Bonchev–Trinajstić information content (AvgIpc) is 3.16. The van der Waals surface area contributed by atoms with Crippen molar-refractivity contribution in [3.05, 3.63) is 53.3 Å². The molecule has 1 saturated heterocycles. The maximum Gasteiger partial charge on any atom is 0.193 e. The van der Waals surface area contributed by atoms with Crippen molar-refractivity contribution in [1.29, 1.82) is 0 Å². The number of benzene rings is 1. The molecule has 0 spiro atoms. The third-order valence-electron chi connectivity index (χ3n) is 5.06. The Bertz CT molecular complexity index is 732. The zero-order valence-electron chi connectivity index (χ0n) is 15.6. The molecular weight excluding hydrogens is 480 g/mol. The van der Waals surface area contributed by atoms with Crippen LogP contribution in [0.5, 0.6) is 0 Å². The molecule has 0 saturated carbocycles. The van der Waals surface area contributed by atoms with Crippen LogP contribution < -0.4 is 5.32 Å². The van der Waals surface area contributed by atoms with Gasteiger partial charge in [-0.05, 0) is 30.9 Å². The number of aliphatic imine (C=N–C) groups is 1. The summed E-state index contributed by atoms with van der Waals surface area (Å²) in [6, 6.07) is 5.15. The van der Waals surface area contributed by atoms with Crippen LogP contribution in [0.2, 0.25) is 5.02 Å². The molecule has 148 valence electrons. The van der Waals surface area contributed by atoms with Gasteiger partial charge in [0.2, 0.25) is 0 Å². The van der Waals surface area contributed by atoms with Gasteiger partial charge in [0.15, 0.2) is 5.96 Å². The van der Waals surface area contributed by atoms with Crippen molar-refractivity contribution in [2.24, 2.45) is 10.9 Å². The summed E-state index contributed by atoms with van der Waals surface area (Å²) in [5.41, 5.74) is 0.542. The Morgan fingerprint density at radius 3 is 2.93 bits per heavy atom. The Labute approximate surface area is 182 Å². The van der Waals surface area contributed by atoms with Crippen molar-refractivity contribution in [3.8, 4) is 0 Å². The van der Waals surface area contributed by atoms with E-state index in [1.54, 1.807) is 19.2 Å². The van der Waals surface area contributed by atoms with E-state index in [0.717, 1.165) is 25.5 Å². The lowest BCUT2D eigenvalue weighted by atomic mass is 9.93. The van der Waals surface area contributed by atoms with E-state index in [2.05, 4.69) is 31.7 Å². The fraction of sp³-hybridized carbons (Fsp3) is 0.474. The highest BCUT2D eigenvalue weighted by Gasteiger charge is 2.28. The summed E-state index contributed by atoms with van der Waals surface area (Å²) in [5.74, 6) is 1.16. The molecule has 2 unspecified atom stereocenters. The van der Waals surface area contributed by atoms with E-state index in [9.17, 15) is 4.39 Å². The Balaban J connectivity index is 0.00000261. The summed E-state index contributed by atoms with van der Waals surface area (Å²) in [6.45, 7) is 4.68. The van der Waals surface area contributed by atoms with E-state index in [1.807, 2.05) is 18.7 Å². The van der Waals surface area contributed by atoms with Crippen LogP contribution in [0.4, 0.5) is 4.39 Å². The van der Waals surface area contributed by atoms with E-state index in [-0.39, 0.29) is 29.8 Å². The lowest BCUT2D eigenvalue weighted by molar-refractivity contribution is 0.189. The zero-order chi connectivity index (χ0) is 18.5. The third kappa shape index (κ3) is 5.34. The number of aromatic nitrogens is 2. The number of hydrogen-bond acceptors (Lipinski definition) is 2. The molecule has 1 aromatic heterocycles. The molecule has 1 N–H and O–H groups in total. The molecule has 1 aliphatic rings. The quantitative estimate of drug-likeness (QED) is 0.388. The fourth-order valence-electron chi connectivity index (χ4n) is 3.50. The monoisotopic (exact) mass is 505 g/mol. The largest absolute Gasteiger partial charge is 0.356 e. The van der Waals surface area contributed by atoms with Crippen molar-refractivity contribution in [2.45, 2.75) is 25.8 Å². The molecule has 8 heteroatoms. The second kappa shape index (κ2) is 10.3. The number of hydrogen-bond donors (Lipinski definition) is 1. The lowest BCUT2D eigenvalue weighted by Crippen LogP contribution is -2.49. The fourth-order valence-corrected chi connectivity index (χ4v) is 3.76. The summed E-state index contributed by atoms with van der Waals surface area (Å²) in [7, 11) is 1.78. The Kier molecular flexibility index (Phi) is 8.34. The van der Waals surface area contributed by atoms with E-state index < -0.39 is 0 Å². The first-order chi connectivity index (χ1) is 12.6. The normalized spacial score (nSPS) is 20.3. The summed E-state index contributed by atoms with van der Waals surface area (Å²) in [5, 5.41) is 3.81. The van der Waals surface area contributed by atoms with Gasteiger partial charge in [-0.3, -0.25) is 4.99 Å². The molecule has 2 atom stereocenters. The molecular formula is C19H26ClFIN5. The summed E-state index contributed by atoms with van der Waals surface area (Å²) in [6.07, 6.45) is 7.31. The molecule has 0 bridgehead atoms. The molecule has 1 aromatic carbocycles. The Morgan fingerprint density at radius 2 is 2.26 bits per heavy atom. The summed E-state index contributed by atoms with van der Waals surface area (Å²) >= 11 is 6.10. The molecule has 1 aliphatic heterocycles. The third-order valence-corrected chi connectivity index (χ3v) is 5.41. The zero-order valence-corrected chi connectivity index (χ0v) is 18.7. The van der Waals surface area contributed by atoms with Crippen molar-refractivity contribution in [3.63, 3.8) is 0 Å². The van der Waals surface area contributed by atoms with Crippen molar-refractivity contribution in [2.75, 3.05) is 26.7 Å². The predicted molar refractivity (Wildman–Crippen MR) is 119 cm³/mol. The highest BCUT2D eigenvalue weighted by atomic mass is 127. The highest BCUT2D eigenvalue weighted by Crippen LogP contribution is 2.27. The minimum Gasteiger partial charge on any atom is -0.356 e. The molecule has 0 amide bonds. The van der Waals surface area contributed by atoms with E-state index in [0.29, 0.717) is 35.5 Å². The Morgan fingerprint density at radius 1 is 1.44 bits per heavy atom. The highest BCUT2D eigenvalue weighted by molar-refractivity contribution is 14.0. The van der Waals surface area contributed by atoms with Crippen LogP contribution in [-0.4, -0.2) is 47.1 Å². The minimum absolute atomic E-state index is 0. The summed E-state index contributed by atoms with van der Waals surface area (Å²) < 4.78 is 16.1. The molecule has 0 aliphatic carbocycles. The second-order valence-corrected chi connectivity index (χ2v) is 7.12. The molecule has 2 heterocycles. The van der Waals surface area contributed by atoms with Crippen LogP contribution in [-0.2, 0) is 6.42 Å². The van der Waals surface area contributed by atoms with Crippen LogP contribution in [0.1, 0.15) is 24.9 Å². The van der Waals surface area contributed by atoms with Gasteiger partial charge in [0.05, 0.1) is 12.4 Å². The van der Waals surface area contributed by atoms with Gasteiger partial charge in [-0.15, -0.1) is 24.0 Å². The van der Waals surface area contributed by atoms with Crippen molar-refractivity contribution in [1.82, 2.24) is 19.8 Å². The van der Waals surface area contributed by atoms with Gasteiger partial charge >= 0.3 is 0 Å². The number of imidazole rings is 1. The SMILES string of the molecule is CN=C(NCCc1c(F)cccc1Cl)N1CCC(C)C(n2ccnc2)C1.I.